The summed E-state index contributed by atoms with van der Waals surface area (Å²) in [6.07, 6.45) is 11.6. The van der Waals surface area contributed by atoms with Crippen molar-refractivity contribution in [2.24, 2.45) is 11.8 Å². The van der Waals surface area contributed by atoms with Crippen LogP contribution in [0.3, 0.4) is 0 Å². The number of carbonyl (C=O) groups excluding carboxylic acids is 1. The van der Waals surface area contributed by atoms with Gasteiger partial charge in [-0.05, 0) is 44.4 Å². The number of rotatable bonds is 4. The van der Waals surface area contributed by atoms with E-state index in [1.807, 2.05) is 4.90 Å². The van der Waals surface area contributed by atoms with Crippen LogP contribution in [0.4, 0.5) is 0 Å². The summed E-state index contributed by atoms with van der Waals surface area (Å²) in [4.78, 5) is 37.8. The SMILES string of the molecule is O=C(C1CC1)N1CCCC1c1nc2c(c(=O)[nH]1)CN(CC1CCCCC1)CC2. The smallest absolute Gasteiger partial charge is 0.255 e. The first-order valence-electron chi connectivity index (χ1n) is 11.3. The molecule has 0 radical (unpaired) electrons. The van der Waals surface area contributed by atoms with Crippen molar-refractivity contribution in [1.82, 2.24) is 19.8 Å². The lowest BCUT2D eigenvalue weighted by Gasteiger charge is -2.33. The van der Waals surface area contributed by atoms with Crippen LogP contribution in [-0.2, 0) is 17.8 Å². The van der Waals surface area contributed by atoms with Gasteiger partial charge in [-0.2, -0.15) is 0 Å². The van der Waals surface area contributed by atoms with E-state index in [-0.39, 0.29) is 23.4 Å². The van der Waals surface area contributed by atoms with Crippen LogP contribution in [0.25, 0.3) is 0 Å². The minimum absolute atomic E-state index is 0.0130. The molecule has 1 unspecified atom stereocenters. The van der Waals surface area contributed by atoms with Crippen molar-refractivity contribution in [3.63, 3.8) is 0 Å². The number of aromatic nitrogens is 2. The van der Waals surface area contributed by atoms with Gasteiger partial charge in [0.1, 0.15) is 5.82 Å². The molecule has 1 atom stereocenters. The molecule has 6 heteroatoms. The van der Waals surface area contributed by atoms with Crippen LogP contribution in [0.5, 0.6) is 0 Å². The Morgan fingerprint density at radius 2 is 1.86 bits per heavy atom. The van der Waals surface area contributed by atoms with Crippen molar-refractivity contribution < 1.29 is 4.79 Å². The van der Waals surface area contributed by atoms with E-state index in [4.69, 9.17) is 4.98 Å². The molecule has 3 heterocycles. The van der Waals surface area contributed by atoms with Gasteiger partial charge >= 0.3 is 0 Å². The first kappa shape index (κ1) is 18.3. The average molecular weight is 385 g/mol. The predicted octanol–water partition coefficient (Wildman–Crippen LogP) is 2.78. The molecule has 28 heavy (non-hydrogen) atoms. The first-order valence-corrected chi connectivity index (χ1v) is 11.3. The van der Waals surface area contributed by atoms with Gasteiger partial charge in [-0.15, -0.1) is 0 Å². The molecule has 0 bridgehead atoms. The highest BCUT2D eigenvalue weighted by atomic mass is 16.2. The molecular formula is C22H32N4O2. The summed E-state index contributed by atoms with van der Waals surface area (Å²) < 4.78 is 0. The van der Waals surface area contributed by atoms with Crippen LogP contribution in [0, 0.1) is 11.8 Å². The minimum Gasteiger partial charge on any atom is -0.332 e. The van der Waals surface area contributed by atoms with Gasteiger partial charge in [0.05, 0.1) is 17.3 Å². The minimum atomic E-state index is -0.0358. The van der Waals surface area contributed by atoms with Crippen LogP contribution in [0.15, 0.2) is 4.79 Å². The normalized spacial score (nSPS) is 26.4. The summed E-state index contributed by atoms with van der Waals surface area (Å²) in [5, 5.41) is 0. The molecule has 1 amide bonds. The van der Waals surface area contributed by atoms with Gasteiger partial charge in [-0.25, -0.2) is 4.98 Å². The van der Waals surface area contributed by atoms with E-state index in [1.54, 1.807) is 0 Å². The lowest BCUT2D eigenvalue weighted by molar-refractivity contribution is -0.133. The highest BCUT2D eigenvalue weighted by molar-refractivity contribution is 5.81. The third kappa shape index (κ3) is 3.63. The Bertz CT molecular complexity index is 794. The molecule has 0 spiro atoms. The van der Waals surface area contributed by atoms with E-state index in [0.717, 1.165) is 81.3 Å². The summed E-state index contributed by atoms with van der Waals surface area (Å²) in [7, 11) is 0. The number of nitrogens with one attached hydrogen (secondary N) is 1. The van der Waals surface area contributed by atoms with Crippen molar-refractivity contribution in [3.05, 3.63) is 27.4 Å². The Labute approximate surface area is 166 Å². The fraction of sp³-hybridized carbons (Fsp3) is 0.773. The molecule has 6 nitrogen and oxygen atoms in total. The van der Waals surface area contributed by atoms with E-state index >= 15 is 0 Å². The number of fused-ring (bicyclic) bond motifs is 1. The molecule has 2 saturated carbocycles. The van der Waals surface area contributed by atoms with Crippen molar-refractivity contribution in [2.45, 2.75) is 76.8 Å². The Kier molecular flexibility index (Phi) is 4.99. The number of H-pyrrole nitrogens is 1. The molecule has 5 rings (SSSR count). The monoisotopic (exact) mass is 384 g/mol. The maximum atomic E-state index is 12.9. The Balaban J connectivity index is 1.31. The summed E-state index contributed by atoms with van der Waals surface area (Å²) >= 11 is 0. The van der Waals surface area contributed by atoms with Gasteiger partial charge < -0.3 is 9.88 Å². The number of hydrogen-bond donors (Lipinski definition) is 1. The largest absolute Gasteiger partial charge is 0.332 e. The van der Waals surface area contributed by atoms with Gasteiger partial charge in [-0.3, -0.25) is 14.5 Å². The molecule has 3 fully saturated rings. The summed E-state index contributed by atoms with van der Waals surface area (Å²) in [5.41, 5.74) is 1.83. The van der Waals surface area contributed by atoms with Crippen molar-refractivity contribution >= 4 is 5.91 Å². The molecule has 1 aromatic heterocycles. The van der Waals surface area contributed by atoms with Gasteiger partial charge in [0, 0.05) is 38.5 Å². The standard InChI is InChI=1S/C22H32N4O2/c27-21-17-14-25(13-15-5-2-1-3-6-15)12-10-18(17)23-20(24-21)19-7-4-11-26(19)22(28)16-8-9-16/h15-16,19H,1-14H2,(H,23,24,27). The van der Waals surface area contributed by atoms with Gasteiger partial charge in [-0.1, -0.05) is 19.3 Å². The van der Waals surface area contributed by atoms with E-state index in [9.17, 15) is 9.59 Å². The van der Waals surface area contributed by atoms with E-state index in [2.05, 4.69) is 9.88 Å². The zero-order valence-electron chi connectivity index (χ0n) is 16.8. The number of aromatic amines is 1. The van der Waals surface area contributed by atoms with Crippen LogP contribution in [0.1, 0.15) is 80.9 Å². The fourth-order valence-corrected chi connectivity index (χ4v) is 5.43. The highest BCUT2D eigenvalue weighted by Crippen LogP contribution is 2.38. The molecule has 2 aliphatic carbocycles. The zero-order valence-corrected chi connectivity index (χ0v) is 16.8. The fourth-order valence-electron chi connectivity index (χ4n) is 5.43. The molecule has 1 N–H and O–H groups in total. The number of nitrogens with zero attached hydrogens (tertiary/aromatic N) is 3. The number of amides is 1. The maximum absolute atomic E-state index is 12.9. The quantitative estimate of drug-likeness (QED) is 0.867. The topological polar surface area (TPSA) is 69.3 Å². The second kappa shape index (κ2) is 7.62. The van der Waals surface area contributed by atoms with Crippen LogP contribution in [-0.4, -0.2) is 45.3 Å². The number of carbonyl (C=O) groups is 1. The number of hydrogen-bond acceptors (Lipinski definition) is 4. The molecule has 1 aromatic rings. The summed E-state index contributed by atoms with van der Waals surface area (Å²) in [5.74, 6) is 2.00. The van der Waals surface area contributed by atoms with Crippen molar-refractivity contribution in [1.29, 1.82) is 0 Å². The van der Waals surface area contributed by atoms with Crippen LogP contribution < -0.4 is 5.56 Å². The molecular weight excluding hydrogens is 352 g/mol. The Hall–Kier alpha value is -1.69. The Morgan fingerprint density at radius 3 is 2.64 bits per heavy atom. The molecule has 2 aliphatic heterocycles. The third-order valence-corrected chi connectivity index (χ3v) is 7.19. The van der Waals surface area contributed by atoms with Crippen LogP contribution in [0.2, 0.25) is 0 Å². The summed E-state index contributed by atoms with van der Waals surface area (Å²) in [6.45, 7) is 3.64. The first-order chi connectivity index (χ1) is 13.7. The van der Waals surface area contributed by atoms with Gasteiger partial charge in [0.25, 0.3) is 5.56 Å². The molecule has 152 valence electrons. The number of likely N-dealkylation sites (tertiary alicyclic amines) is 1. The second-order valence-corrected chi connectivity index (χ2v) is 9.33. The van der Waals surface area contributed by atoms with Crippen molar-refractivity contribution in [2.75, 3.05) is 19.6 Å². The van der Waals surface area contributed by atoms with Crippen LogP contribution >= 0.6 is 0 Å². The lowest BCUT2D eigenvalue weighted by Crippen LogP contribution is -2.40. The van der Waals surface area contributed by atoms with E-state index in [1.165, 1.54) is 32.1 Å². The van der Waals surface area contributed by atoms with E-state index in [0.29, 0.717) is 0 Å². The molecule has 0 aromatic carbocycles. The van der Waals surface area contributed by atoms with Gasteiger partial charge in [0.2, 0.25) is 5.91 Å². The predicted molar refractivity (Wildman–Crippen MR) is 107 cm³/mol. The van der Waals surface area contributed by atoms with E-state index < -0.39 is 0 Å². The lowest BCUT2D eigenvalue weighted by atomic mass is 9.88. The average Bonchev–Trinajstić information content (AvgIpc) is 3.45. The van der Waals surface area contributed by atoms with Crippen molar-refractivity contribution in [3.8, 4) is 0 Å². The van der Waals surface area contributed by atoms with Gasteiger partial charge in [0.15, 0.2) is 0 Å². The third-order valence-electron chi connectivity index (χ3n) is 7.19. The highest BCUT2D eigenvalue weighted by Gasteiger charge is 2.40. The maximum Gasteiger partial charge on any atom is 0.255 e. The summed E-state index contributed by atoms with van der Waals surface area (Å²) in [6, 6.07) is -0.0358. The molecule has 1 saturated heterocycles. The second-order valence-electron chi connectivity index (χ2n) is 9.33. The Morgan fingerprint density at radius 1 is 1.04 bits per heavy atom. The zero-order chi connectivity index (χ0) is 19.1. The molecule has 4 aliphatic rings.